The topological polar surface area (TPSA) is 86.2 Å². The number of benzene rings is 1. The highest BCUT2D eigenvalue weighted by Crippen LogP contribution is 2.28. The lowest BCUT2D eigenvalue weighted by Gasteiger charge is -2.00. The number of nitrogens with two attached hydrogens (primary N) is 1. The molecule has 0 bridgehead atoms. The molecule has 0 atom stereocenters. The number of hydrogen-bond donors (Lipinski definition) is 1. The summed E-state index contributed by atoms with van der Waals surface area (Å²) in [7, 11) is 0. The van der Waals surface area contributed by atoms with Crippen LogP contribution in [-0.2, 0) is 4.79 Å². The normalized spacial score (nSPS) is 9.58. The molecule has 0 radical (unpaired) electrons. The van der Waals surface area contributed by atoms with Gasteiger partial charge in [0.1, 0.15) is 5.69 Å². The van der Waals surface area contributed by atoms with Crippen LogP contribution in [0.15, 0.2) is 12.1 Å². The maximum absolute atomic E-state index is 10.7. The Bertz CT molecular complexity index is 578. The van der Waals surface area contributed by atoms with E-state index in [1.807, 2.05) is 0 Å². The largest absolute Gasteiger partial charge is 0.393 e. The second-order valence-electron chi connectivity index (χ2n) is 3.54. The minimum atomic E-state index is -0.581. The third-order valence-corrected chi connectivity index (χ3v) is 3.20. The van der Waals surface area contributed by atoms with E-state index in [0.29, 0.717) is 17.7 Å². The van der Waals surface area contributed by atoms with Crippen LogP contribution in [0.2, 0.25) is 5.02 Å². The lowest BCUT2D eigenvalue weighted by molar-refractivity contribution is -0.383. The van der Waals surface area contributed by atoms with E-state index in [-0.39, 0.29) is 21.5 Å². The zero-order valence-corrected chi connectivity index (χ0v) is 11.7. The molecule has 2 N–H and O–H groups in total. The minimum Gasteiger partial charge on any atom is -0.393 e. The molecule has 0 fully saturated rings. The summed E-state index contributed by atoms with van der Waals surface area (Å²) in [5.74, 6) is 6.14. The molecule has 5 nitrogen and oxygen atoms in total. The van der Waals surface area contributed by atoms with Crippen molar-refractivity contribution < 1.29 is 9.72 Å². The van der Waals surface area contributed by atoms with E-state index in [0.717, 1.165) is 0 Å². The summed E-state index contributed by atoms with van der Waals surface area (Å²) in [6.45, 7) is 1.48. The maximum Gasteiger partial charge on any atom is 0.293 e. The van der Waals surface area contributed by atoms with Gasteiger partial charge in [-0.1, -0.05) is 35.2 Å². The van der Waals surface area contributed by atoms with Gasteiger partial charge in [-0.2, -0.15) is 0 Å². The summed E-state index contributed by atoms with van der Waals surface area (Å²) >= 11 is 7.08. The van der Waals surface area contributed by atoms with Crippen molar-refractivity contribution in [1.82, 2.24) is 0 Å². The van der Waals surface area contributed by atoms with Crippen molar-refractivity contribution in [3.8, 4) is 11.8 Å². The number of thioether (sulfide) groups is 1. The van der Waals surface area contributed by atoms with Crippen LogP contribution in [0.5, 0.6) is 0 Å². The summed E-state index contributed by atoms with van der Waals surface area (Å²) < 4.78 is 0. The Balaban J connectivity index is 2.84. The zero-order valence-electron chi connectivity index (χ0n) is 10.1. The summed E-state index contributed by atoms with van der Waals surface area (Å²) in [5.41, 5.74) is 5.63. The first-order chi connectivity index (χ1) is 8.91. The van der Waals surface area contributed by atoms with Crippen LogP contribution in [0.25, 0.3) is 0 Å². The number of carbonyl (C=O) groups excluding carboxylic acids is 1. The van der Waals surface area contributed by atoms with Gasteiger partial charge in [-0.25, -0.2) is 0 Å². The second-order valence-corrected chi connectivity index (χ2v) is 5.22. The molecule has 0 aliphatic carbocycles. The van der Waals surface area contributed by atoms with Crippen LogP contribution in [0.4, 0.5) is 11.4 Å². The Kier molecular flexibility index (Phi) is 5.67. The van der Waals surface area contributed by atoms with Gasteiger partial charge >= 0.3 is 0 Å². The first-order valence-electron chi connectivity index (χ1n) is 5.27. The fraction of sp³-hybridized carbons (Fsp3) is 0.250. The lowest BCUT2D eigenvalue weighted by atomic mass is 10.1. The Hall–Kier alpha value is -1.71. The van der Waals surface area contributed by atoms with E-state index in [4.69, 9.17) is 17.3 Å². The van der Waals surface area contributed by atoms with Crippen LogP contribution in [0, 0.1) is 22.0 Å². The lowest BCUT2D eigenvalue weighted by Crippen LogP contribution is -1.96. The molecule has 1 aromatic carbocycles. The molecular formula is C12H11ClN2O3S. The summed E-state index contributed by atoms with van der Waals surface area (Å²) in [6.07, 6.45) is 0.499. The second kappa shape index (κ2) is 7.02. The molecule has 0 aromatic heterocycles. The van der Waals surface area contributed by atoms with Crippen molar-refractivity contribution in [3.63, 3.8) is 0 Å². The molecule has 100 valence electrons. The molecule has 0 spiro atoms. The number of halogens is 1. The summed E-state index contributed by atoms with van der Waals surface area (Å²) in [5, 5.41) is 11.0. The van der Waals surface area contributed by atoms with Crippen LogP contribution in [-0.4, -0.2) is 15.8 Å². The van der Waals surface area contributed by atoms with Crippen molar-refractivity contribution in [3.05, 3.63) is 32.8 Å². The third kappa shape index (κ3) is 4.81. The monoisotopic (exact) mass is 298 g/mol. The van der Waals surface area contributed by atoms with Crippen molar-refractivity contribution in [2.45, 2.75) is 13.3 Å². The molecule has 0 saturated heterocycles. The fourth-order valence-corrected chi connectivity index (χ4v) is 1.95. The van der Waals surface area contributed by atoms with Gasteiger partial charge in [-0.15, -0.1) is 0 Å². The van der Waals surface area contributed by atoms with Crippen molar-refractivity contribution in [2.75, 3.05) is 11.5 Å². The van der Waals surface area contributed by atoms with Crippen LogP contribution in [0.3, 0.4) is 0 Å². The molecule has 0 amide bonds. The van der Waals surface area contributed by atoms with Crippen LogP contribution < -0.4 is 5.73 Å². The standard InChI is InChI=1S/C12H11ClN2O3S/c1-8(16)19-5-3-2-4-9-6-12(15(17)18)11(14)7-10(9)13/h6-7H,3,5,14H2,1H3. The Labute approximate surface area is 119 Å². The van der Waals surface area contributed by atoms with Crippen LogP contribution >= 0.6 is 23.4 Å². The third-order valence-electron chi connectivity index (χ3n) is 2.07. The maximum atomic E-state index is 10.7. The molecule has 0 unspecified atom stereocenters. The smallest absolute Gasteiger partial charge is 0.293 e. The highest BCUT2D eigenvalue weighted by Gasteiger charge is 2.14. The minimum absolute atomic E-state index is 0.00712. The highest BCUT2D eigenvalue weighted by atomic mass is 35.5. The molecule has 0 aliphatic heterocycles. The van der Waals surface area contributed by atoms with Crippen molar-refractivity contribution >= 4 is 39.9 Å². The van der Waals surface area contributed by atoms with Gasteiger partial charge in [-0.3, -0.25) is 14.9 Å². The van der Waals surface area contributed by atoms with E-state index in [1.165, 1.54) is 30.8 Å². The van der Waals surface area contributed by atoms with E-state index < -0.39 is 4.92 Å². The van der Waals surface area contributed by atoms with Gasteiger partial charge < -0.3 is 5.73 Å². The van der Waals surface area contributed by atoms with E-state index in [1.54, 1.807) is 0 Å². The van der Waals surface area contributed by atoms with Crippen molar-refractivity contribution in [2.24, 2.45) is 0 Å². The number of hydrogen-bond acceptors (Lipinski definition) is 5. The van der Waals surface area contributed by atoms with Gasteiger partial charge in [0.25, 0.3) is 5.69 Å². The van der Waals surface area contributed by atoms with Crippen molar-refractivity contribution in [1.29, 1.82) is 0 Å². The average Bonchev–Trinajstić information content (AvgIpc) is 2.30. The number of nitro benzene ring substituents is 1. The number of nitrogen functional groups attached to an aromatic ring is 1. The average molecular weight is 299 g/mol. The van der Waals surface area contributed by atoms with Gasteiger partial charge in [0.2, 0.25) is 0 Å². The molecule has 1 aromatic rings. The zero-order chi connectivity index (χ0) is 14.4. The molecule has 1 rings (SSSR count). The highest BCUT2D eigenvalue weighted by molar-refractivity contribution is 8.13. The predicted octanol–water partition coefficient (Wildman–Crippen LogP) is 2.85. The number of anilines is 1. The number of rotatable bonds is 3. The number of nitrogens with zero attached hydrogens (tertiary/aromatic N) is 1. The van der Waals surface area contributed by atoms with E-state index in [2.05, 4.69) is 11.8 Å². The fourth-order valence-electron chi connectivity index (χ4n) is 1.23. The summed E-state index contributed by atoms with van der Waals surface area (Å²) in [6, 6.07) is 2.57. The number of carbonyl (C=O) groups is 1. The molecule has 0 aliphatic rings. The Morgan fingerprint density at radius 1 is 1.58 bits per heavy atom. The first kappa shape index (κ1) is 15.3. The predicted molar refractivity (Wildman–Crippen MR) is 77.2 cm³/mol. The number of nitro groups is 1. The quantitative estimate of drug-likeness (QED) is 0.305. The first-order valence-corrected chi connectivity index (χ1v) is 6.64. The van der Waals surface area contributed by atoms with Gasteiger partial charge in [0.15, 0.2) is 5.12 Å². The molecule has 0 saturated carbocycles. The molecule has 0 heterocycles. The molecule has 7 heteroatoms. The van der Waals surface area contributed by atoms with Gasteiger partial charge in [-0.05, 0) is 6.07 Å². The van der Waals surface area contributed by atoms with Gasteiger partial charge in [0, 0.05) is 25.2 Å². The Morgan fingerprint density at radius 2 is 2.26 bits per heavy atom. The SMILES string of the molecule is CC(=O)SCCC#Cc1cc([N+](=O)[O-])c(N)cc1Cl. The van der Waals surface area contributed by atoms with Crippen LogP contribution in [0.1, 0.15) is 18.9 Å². The molecular weight excluding hydrogens is 288 g/mol. The van der Waals surface area contributed by atoms with Gasteiger partial charge in [0.05, 0.1) is 15.5 Å². The summed E-state index contributed by atoms with van der Waals surface area (Å²) in [4.78, 5) is 20.8. The van der Waals surface area contributed by atoms with E-state index in [9.17, 15) is 14.9 Å². The van der Waals surface area contributed by atoms with E-state index >= 15 is 0 Å². The molecule has 19 heavy (non-hydrogen) atoms. The Morgan fingerprint density at radius 3 is 2.84 bits per heavy atom.